The molecule has 1 N–H and O–H groups in total. The summed E-state index contributed by atoms with van der Waals surface area (Å²) in [4.78, 5) is 38.4. The van der Waals surface area contributed by atoms with Gasteiger partial charge in [0.1, 0.15) is 5.75 Å². The number of Topliss-reactive ketones (excluding diaryl/α,β-unsaturated/α-hetero) is 1. The second-order valence-corrected chi connectivity index (χ2v) is 6.92. The van der Waals surface area contributed by atoms with E-state index in [1.165, 1.54) is 6.92 Å². The lowest BCUT2D eigenvalue weighted by molar-refractivity contribution is -0.121. The number of ketones is 1. The molecule has 0 saturated carbocycles. The summed E-state index contributed by atoms with van der Waals surface area (Å²) in [6.07, 6.45) is 1.22. The molecule has 0 spiro atoms. The highest BCUT2D eigenvalue weighted by Gasteiger charge is 2.28. The second-order valence-electron chi connectivity index (χ2n) is 6.92. The number of amides is 2. The first-order valence-corrected chi connectivity index (χ1v) is 9.33. The molecule has 6 heteroatoms. The average Bonchev–Trinajstić information content (AvgIpc) is 2.73. The number of nitrogens with zero attached hydrogens (tertiary/aromatic N) is 1. The first kappa shape index (κ1) is 19.6. The third-order valence-corrected chi connectivity index (χ3v) is 5.03. The fourth-order valence-electron chi connectivity index (χ4n) is 3.32. The third kappa shape index (κ3) is 4.57. The van der Waals surface area contributed by atoms with Crippen LogP contribution in [0, 0.1) is 5.92 Å². The molecule has 1 aliphatic heterocycles. The summed E-state index contributed by atoms with van der Waals surface area (Å²) in [5.41, 5.74) is 1.80. The van der Waals surface area contributed by atoms with Crippen molar-refractivity contribution in [3.8, 4) is 5.75 Å². The highest BCUT2D eigenvalue weighted by molar-refractivity contribution is 5.98. The molecule has 1 aliphatic rings. The fraction of sp³-hybridized carbons (Fsp3) is 0.318. The number of piperidine rings is 1. The fourth-order valence-corrected chi connectivity index (χ4v) is 3.32. The number of carbonyl (C=O) groups is 3. The van der Waals surface area contributed by atoms with Crippen LogP contribution < -0.4 is 10.1 Å². The Morgan fingerprint density at radius 3 is 2.29 bits per heavy atom. The molecule has 2 aromatic rings. The highest BCUT2D eigenvalue weighted by Crippen LogP contribution is 2.22. The lowest BCUT2D eigenvalue weighted by Crippen LogP contribution is -2.41. The number of nitrogens with one attached hydrogen (secondary N) is 1. The van der Waals surface area contributed by atoms with Gasteiger partial charge in [-0.25, -0.2) is 0 Å². The average molecular weight is 380 g/mol. The van der Waals surface area contributed by atoms with Gasteiger partial charge < -0.3 is 15.0 Å². The van der Waals surface area contributed by atoms with E-state index >= 15 is 0 Å². The van der Waals surface area contributed by atoms with Crippen molar-refractivity contribution in [2.75, 3.05) is 25.5 Å². The van der Waals surface area contributed by atoms with Crippen LogP contribution in [0.5, 0.6) is 5.75 Å². The van der Waals surface area contributed by atoms with Gasteiger partial charge in [-0.2, -0.15) is 0 Å². The second kappa shape index (κ2) is 8.69. The van der Waals surface area contributed by atoms with Gasteiger partial charge >= 0.3 is 0 Å². The zero-order valence-corrected chi connectivity index (χ0v) is 16.1. The number of ether oxygens (including phenoxy) is 1. The van der Waals surface area contributed by atoms with E-state index in [2.05, 4.69) is 5.32 Å². The molecular formula is C22H24N2O4. The number of rotatable bonds is 5. The summed E-state index contributed by atoms with van der Waals surface area (Å²) < 4.78 is 5.12. The third-order valence-electron chi connectivity index (χ3n) is 5.03. The zero-order chi connectivity index (χ0) is 20.1. The van der Waals surface area contributed by atoms with Crippen LogP contribution in [0.2, 0.25) is 0 Å². The van der Waals surface area contributed by atoms with Gasteiger partial charge in [0.2, 0.25) is 5.91 Å². The van der Waals surface area contributed by atoms with Crippen LogP contribution in [0.4, 0.5) is 5.69 Å². The standard InChI is InChI=1S/C22H24N2O4/c1-15(25)18-4-3-5-19(14-18)23-21(26)16-10-12-24(13-11-16)22(27)17-6-8-20(28-2)9-7-17/h3-9,14,16H,10-13H2,1-2H3,(H,23,26). The lowest BCUT2D eigenvalue weighted by Gasteiger charge is -2.31. The van der Waals surface area contributed by atoms with Gasteiger partial charge in [0.15, 0.2) is 5.78 Å². The summed E-state index contributed by atoms with van der Waals surface area (Å²) >= 11 is 0. The Morgan fingerprint density at radius 2 is 1.68 bits per heavy atom. The number of anilines is 1. The van der Waals surface area contributed by atoms with E-state index in [0.717, 1.165) is 0 Å². The van der Waals surface area contributed by atoms with Crippen LogP contribution in [-0.4, -0.2) is 42.7 Å². The molecule has 28 heavy (non-hydrogen) atoms. The molecule has 1 saturated heterocycles. The molecule has 0 aliphatic carbocycles. The highest BCUT2D eigenvalue weighted by atomic mass is 16.5. The van der Waals surface area contributed by atoms with Gasteiger partial charge in [-0.05, 0) is 56.2 Å². The maximum absolute atomic E-state index is 12.6. The number of methoxy groups -OCH3 is 1. The molecule has 2 amide bonds. The number of carbonyl (C=O) groups excluding carboxylic acids is 3. The Labute approximate surface area is 164 Å². The summed E-state index contributed by atoms with van der Waals surface area (Å²) in [5, 5.41) is 2.89. The monoisotopic (exact) mass is 380 g/mol. The van der Waals surface area contributed by atoms with E-state index in [9.17, 15) is 14.4 Å². The number of benzene rings is 2. The normalized spacial score (nSPS) is 14.4. The number of hydrogen-bond acceptors (Lipinski definition) is 4. The predicted octanol–water partition coefficient (Wildman–Crippen LogP) is 3.39. The largest absolute Gasteiger partial charge is 0.497 e. The SMILES string of the molecule is COc1ccc(C(=O)N2CCC(C(=O)Nc3cccc(C(C)=O)c3)CC2)cc1. The maximum atomic E-state index is 12.6. The summed E-state index contributed by atoms with van der Waals surface area (Å²) in [7, 11) is 1.59. The van der Waals surface area contributed by atoms with Crippen LogP contribution in [0.3, 0.4) is 0 Å². The van der Waals surface area contributed by atoms with Gasteiger partial charge in [0.25, 0.3) is 5.91 Å². The van der Waals surface area contributed by atoms with Gasteiger partial charge in [-0.15, -0.1) is 0 Å². The molecule has 146 valence electrons. The van der Waals surface area contributed by atoms with E-state index in [0.29, 0.717) is 48.5 Å². The van der Waals surface area contributed by atoms with E-state index in [1.807, 2.05) is 0 Å². The van der Waals surface area contributed by atoms with Crippen molar-refractivity contribution >= 4 is 23.3 Å². The predicted molar refractivity (Wildman–Crippen MR) is 107 cm³/mol. The summed E-state index contributed by atoms with van der Waals surface area (Å²) in [6.45, 7) is 2.57. The van der Waals surface area contributed by atoms with Crippen LogP contribution in [0.15, 0.2) is 48.5 Å². The summed E-state index contributed by atoms with van der Waals surface area (Å²) in [5.74, 6) is 0.413. The Balaban J connectivity index is 1.55. The van der Waals surface area contributed by atoms with Gasteiger partial charge in [-0.1, -0.05) is 12.1 Å². The smallest absolute Gasteiger partial charge is 0.253 e. The van der Waals surface area contributed by atoms with Gasteiger partial charge in [0, 0.05) is 35.8 Å². The lowest BCUT2D eigenvalue weighted by atomic mass is 9.95. The Bertz CT molecular complexity index is 868. The molecule has 0 bridgehead atoms. The molecule has 1 heterocycles. The van der Waals surface area contributed by atoms with Crippen molar-refractivity contribution in [3.63, 3.8) is 0 Å². The number of hydrogen-bond donors (Lipinski definition) is 1. The molecular weight excluding hydrogens is 356 g/mol. The van der Waals surface area contributed by atoms with Crippen molar-refractivity contribution < 1.29 is 19.1 Å². The van der Waals surface area contributed by atoms with Gasteiger partial charge in [0.05, 0.1) is 7.11 Å². The van der Waals surface area contributed by atoms with E-state index in [1.54, 1.807) is 60.5 Å². The topological polar surface area (TPSA) is 75.7 Å². The minimum absolute atomic E-state index is 0.0318. The minimum Gasteiger partial charge on any atom is -0.497 e. The van der Waals surface area contributed by atoms with Crippen LogP contribution >= 0.6 is 0 Å². The molecule has 0 aromatic heterocycles. The Kier molecular flexibility index (Phi) is 6.09. The van der Waals surface area contributed by atoms with Crippen LogP contribution in [0.25, 0.3) is 0 Å². The molecule has 0 radical (unpaired) electrons. The molecule has 6 nitrogen and oxygen atoms in total. The van der Waals surface area contributed by atoms with Gasteiger partial charge in [-0.3, -0.25) is 14.4 Å². The first-order valence-electron chi connectivity index (χ1n) is 9.33. The minimum atomic E-state index is -0.152. The van der Waals surface area contributed by atoms with Crippen molar-refractivity contribution in [1.82, 2.24) is 4.90 Å². The quantitative estimate of drug-likeness (QED) is 0.807. The molecule has 1 fully saturated rings. The van der Waals surface area contributed by atoms with Crippen molar-refractivity contribution in [3.05, 3.63) is 59.7 Å². The van der Waals surface area contributed by atoms with Crippen LogP contribution in [0.1, 0.15) is 40.5 Å². The molecule has 0 unspecified atom stereocenters. The van der Waals surface area contributed by atoms with Crippen molar-refractivity contribution in [2.45, 2.75) is 19.8 Å². The number of likely N-dealkylation sites (tertiary alicyclic amines) is 1. The van der Waals surface area contributed by atoms with E-state index in [-0.39, 0.29) is 23.5 Å². The Morgan fingerprint density at radius 1 is 1.00 bits per heavy atom. The first-order chi connectivity index (χ1) is 13.5. The molecule has 2 aromatic carbocycles. The molecule has 0 atom stereocenters. The molecule has 3 rings (SSSR count). The summed E-state index contributed by atoms with van der Waals surface area (Å²) in [6, 6.07) is 14.0. The van der Waals surface area contributed by atoms with E-state index in [4.69, 9.17) is 4.74 Å². The van der Waals surface area contributed by atoms with Crippen molar-refractivity contribution in [2.24, 2.45) is 5.92 Å². The zero-order valence-electron chi connectivity index (χ0n) is 16.1. The maximum Gasteiger partial charge on any atom is 0.253 e. The van der Waals surface area contributed by atoms with Crippen molar-refractivity contribution in [1.29, 1.82) is 0 Å². The van der Waals surface area contributed by atoms with E-state index < -0.39 is 0 Å². The van der Waals surface area contributed by atoms with Crippen LogP contribution in [-0.2, 0) is 4.79 Å². The Hall–Kier alpha value is -3.15.